The molecule has 0 saturated heterocycles. The van der Waals surface area contributed by atoms with E-state index in [9.17, 15) is 4.79 Å². The van der Waals surface area contributed by atoms with Gasteiger partial charge in [0.05, 0.1) is 12.5 Å². The summed E-state index contributed by atoms with van der Waals surface area (Å²) in [5, 5.41) is 14.7. The lowest BCUT2D eigenvalue weighted by molar-refractivity contribution is -0.122. The van der Waals surface area contributed by atoms with Crippen molar-refractivity contribution in [2.45, 2.75) is 58.7 Å². The van der Waals surface area contributed by atoms with Crippen molar-refractivity contribution in [3.63, 3.8) is 0 Å². The predicted molar refractivity (Wildman–Crippen MR) is 60.2 cm³/mol. The smallest absolute Gasteiger partial charge is 0.223 e. The zero-order valence-electron chi connectivity index (χ0n) is 10.2. The van der Waals surface area contributed by atoms with Crippen molar-refractivity contribution in [1.82, 2.24) is 10.6 Å². The molecule has 86 valence electrons. The summed E-state index contributed by atoms with van der Waals surface area (Å²) in [7, 11) is 0. The van der Waals surface area contributed by atoms with Gasteiger partial charge in [-0.25, -0.2) is 0 Å². The Balaban J connectivity index is 4.10. The molecule has 1 unspecified atom stereocenters. The van der Waals surface area contributed by atoms with E-state index in [0.717, 1.165) is 0 Å². The van der Waals surface area contributed by atoms with Crippen LogP contribution in [0.1, 0.15) is 41.0 Å². The molecule has 0 aromatic rings. The van der Waals surface area contributed by atoms with Gasteiger partial charge in [0.2, 0.25) is 5.91 Å². The van der Waals surface area contributed by atoms with Gasteiger partial charge >= 0.3 is 0 Å². The normalized spacial score (nSPS) is 13.4. The van der Waals surface area contributed by atoms with Crippen molar-refractivity contribution >= 4 is 5.91 Å². The van der Waals surface area contributed by atoms with Gasteiger partial charge in [0, 0.05) is 11.6 Å². The van der Waals surface area contributed by atoms with Gasteiger partial charge in [-0.05, 0) is 34.6 Å². The third-order valence-corrected chi connectivity index (χ3v) is 1.59. The minimum Gasteiger partial charge on any atom is -0.351 e. The molecule has 1 amide bonds. The minimum atomic E-state index is -0.410. The summed E-state index contributed by atoms with van der Waals surface area (Å²) in [5.41, 5.74) is -0.241. The second-order valence-corrected chi connectivity index (χ2v) is 5.01. The van der Waals surface area contributed by atoms with E-state index in [1.807, 2.05) is 34.6 Å². The molecule has 0 fully saturated rings. The van der Waals surface area contributed by atoms with Crippen LogP contribution in [-0.2, 0) is 4.79 Å². The van der Waals surface area contributed by atoms with Gasteiger partial charge in [0.15, 0.2) is 0 Å². The molecule has 0 radical (unpaired) electrons. The Hall–Kier alpha value is -1.08. The summed E-state index contributed by atoms with van der Waals surface area (Å²) in [5.74, 6) is -0.0952. The van der Waals surface area contributed by atoms with E-state index in [1.165, 1.54) is 0 Å². The molecule has 0 aliphatic rings. The number of amides is 1. The van der Waals surface area contributed by atoms with Crippen LogP contribution < -0.4 is 10.6 Å². The van der Waals surface area contributed by atoms with Crippen molar-refractivity contribution in [2.24, 2.45) is 0 Å². The van der Waals surface area contributed by atoms with Crippen molar-refractivity contribution in [3.05, 3.63) is 0 Å². The quantitative estimate of drug-likeness (QED) is 0.734. The first kappa shape index (κ1) is 13.9. The molecule has 0 aliphatic carbocycles. The molecule has 0 aromatic carbocycles. The van der Waals surface area contributed by atoms with E-state index in [1.54, 1.807) is 0 Å². The summed E-state index contributed by atoms with van der Waals surface area (Å²) in [4.78, 5) is 11.5. The maximum Gasteiger partial charge on any atom is 0.223 e. The first-order chi connectivity index (χ1) is 6.74. The zero-order valence-corrected chi connectivity index (χ0v) is 10.2. The molecule has 0 heterocycles. The lowest BCUT2D eigenvalue weighted by atomic mass is 10.1. The SMILES string of the molecule is CC(C)NC(C#N)CC(=O)NC(C)(C)C. The number of carbonyl (C=O) groups is 1. The fourth-order valence-electron chi connectivity index (χ4n) is 1.20. The fraction of sp³-hybridized carbons (Fsp3) is 0.818. The lowest BCUT2D eigenvalue weighted by Gasteiger charge is -2.22. The monoisotopic (exact) mass is 211 g/mol. The standard InChI is InChI=1S/C11H21N3O/c1-8(2)13-9(7-12)6-10(15)14-11(3,4)5/h8-9,13H,6H2,1-5H3,(H,14,15). The Morgan fingerprint density at radius 1 is 1.40 bits per heavy atom. The minimum absolute atomic E-state index is 0.0952. The van der Waals surface area contributed by atoms with Crippen molar-refractivity contribution in [1.29, 1.82) is 5.26 Å². The van der Waals surface area contributed by atoms with Crippen molar-refractivity contribution < 1.29 is 4.79 Å². The van der Waals surface area contributed by atoms with Crippen LogP contribution in [0.15, 0.2) is 0 Å². The number of carbonyl (C=O) groups excluding carboxylic acids is 1. The first-order valence-corrected chi connectivity index (χ1v) is 5.21. The number of nitrogens with zero attached hydrogens (tertiary/aromatic N) is 1. The van der Waals surface area contributed by atoms with Gasteiger partial charge in [-0.1, -0.05) is 0 Å². The Kier molecular flexibility index (Phi) is 5.31. The van der Waals surface area contributed by atoms with Crippen LogP contribution in [0, 0.1) is 11.3 Å². The van der Waals surface area contributed by atoms with Crippen molar-refractivity contribution in [3.8, 4) is 6.07 Å². The van der Waals surface area contributed by atoms with E-state index in [-0.39, 0.29) is 23.9 Å². The van der Waals surface area contributed by atoms with Crippen LogP contribution in [0.4, 0.5) is 0 Å². The van der Waals surface area contributed by atoms with Crippen LogP contribution in [0.25, 0.3) is 0 Å². The van der Waals surface area contributed by atoms with Gasteiger partial charge in [-0.2, -0.15) is 5.26 Å². The maximum absolute atomic E-state index is 11.5. The molecule has 15 heavy (non-hydrogen) atoms. The number of hydrogen-bond donors (Lipinski definition) is 2. The van der Waals surface area contributed by atoms with Gasteiger partial charge in [0.1, 0.15) is 6.04 Å². The molecule has 4 heteroatoms. The van der Waals surface area contributed by atoms with E-state index in [4.69, 9.17) is 5.26 Å². The second kappa shape index (κ2) is 5.72. The lowest BCUT2D eigenvalue weighted by Crippen LogP contribution is -2.44. The van der Waals surface area contributed by atoms with Crippen LogP contribution in [0.2, 0.25) is 0 Å². The first-order valence-electron chi connectivity index (χ1n) is 5.21. The highest BCUT2D eigenvalue weighted by atomic mass is 16.1. The number of nitrogens with one attached hydrogen (secondary N) is 2. The van der Waals surface area contributed by atoms with Crippen molar-refractivity contribution in [2.75, 3.05) is 0 Å². The Bertz CT molecular complexity index is 248. The van der Waals surface area contributed by atoms with E-state index >= 15 is 0 Å². The third-order valence-electron chi connectivity index (χ3n) is 1.59. The van der Waals surface area contributed by atoms with Crippen LogP contribution in [0.5, 0.6) is 0 Å². The maximum atomic E-state index is 11.5. The van der Waals surface area contributed by atoms with Crippen LogP contribution in [-0.4, -0.2) is 23.5 Å². The molecular weight excluding hydrogens is 190 g/mol. The average molecular weight is 211 g/mol. The number of nitriles is 1. The molecule has 0 rings (SSSR count). The van der Waals surface area contributed by atoms with E-state index in [2.05, 4.69) is 16.7 Å². The number of hydrogen-bond acceptors (Lipinski definition) is 3. The number of rotatable bonds is 4. The fourth-order valence-corrected chi connectivity index (χ4v) is 1.20. The van der Waals surface area contributed by atoms with Crippen LogP contribution >= 0.6 is 0 Å². The molecule has 4 nitrogen and oxygen atoms in total. The summed E-state index contributed by atoms with van der Waals surface area (Å²) in [6.07, 6.45) is 0.200. The molecule has 0 bridgehead atoms. The average Bonchev–Trinajstić information content (AvgIpc) is 1.98. The van der Waals surface area contributed by atoms with E-state index in [0.29, 0.717) is 0 Å². The van der Waals surface area contributed by atoms with Gasteiger partial charge in [-0.3, -0.25) is 10.1 Å². The topological polar surface area (TPSA) is 64.9 Å². The molecule has 2 N–H and O–H groups in total. The Morgan fingerprint density at radius 2 is 1.93 bits per heavy atom. The van der Waals surface area contributed by atoms with E-state index < -0.39 is 6.04 Å². The summed E-state index contributed by atoms with van der Waals surface area (Å²) in [6, 6.07) is 1.87. The van der Waals surface area contributed by atoms with Crippen LogP contribution in [0.3, 0.4) is 0 Å². The summed E-state index contributed by atoms with van der Waals surface area (Å²) < 4.78 is 0. The van der Waals surface area contributed by atoms with Gasteiger partial charge < -0.3 is 5.32 Å². The zero-order chi connectivity index (χ0) is 12.1. The molecular formula is C11H21N3O. The Morgan fingerprint density at radius 3 is 2.27 bits per heavy atom. The largest absolute Gasteiger partial charge is 0.351 e. The van der Waals surface area contributed by atoms with Gasteiger partial charge in [0.25, 0.3) is 0 Å². The molecule has 0 aromatic heterocycles. The molecule has 0 aliphatic heterocycles. The third kappa shape index (κ3) is 7.95. The highest BCUT2D eigenvalue weighted by Gasteiger charge is 2.18. The molecule has 0 spiro atoms. The summed E-state index contributed by atoms with van der Waals surface area (Å²) in [6.45, 7) is 9.66. The summed E-state index contributed by atoms with van der Waals surface area (Å²) >= 11 is 0. The molecule has 0 saturated carbocycles. The highest BCUT2D eigenvalue weighted by molar-refractivity contribution is 5.77. The highest BCUT2D eigenvalue weighted by Crippen LogP contribution is 2.01. The molecule has 1 atom stereocenters. The second-order valence-electron chi connectivity index (χ2n) is 5.01. The Labute approximate surface area is 92.0 Å². The predicted octanol–water partition coefficient (Wildman–Crippen LogP) is 1.18. The van der Waals surface area contributed by atoms with Gasteiger partial charge in [-0.15, -0.1) is 0 Å².